The first kappa shape index (κ1) is 15.5. The number of aromatic nitrogens is 2. The van der Waals surface area contributed by atoms with E-state index in [9.17, 15) is 14.3 Å². The van der Waals surface area contributed by atoms with Crippen LogP contribution in [-0.4, -0.2) is 20.9 Å². The molecule has 0 saturated carbocycles. The average Bonchev–Trinajstić information content (AvgIpc) is 2.67. The van der Waals surface area contributed by atoms with E-state index in [1.165, 1.54) is 16.8 Å². The lowest BCUT2D eigenvalue weighted by Gasteiger charge is -2.15. The van der Waals surface area contributed by atoms with Gasteiger partial charge in [-0.1, -0.05) is 44.5 Å². The van der Waals surface area contributed by atoms with Crippen LogP contribution in [-0.2, 0) is 12.0 Å². The van der Waals surface area contributed by atoms with Gasteiger partial charge in [-0.3, -0.25) is 0 Å². The zero-order chi connectivity index (χ0) is 15.8. The summed E-state index contributed by atoms with van der Waals surface area (Å²) in [6, 6.07) is 6.04. The van der Waals surface area contributed by atoms with Crippen LogP contribution in [0.3, 0.4) is 0 Å². The maximum atomic E-state index is 13.2. The van der Waals surface area contributed by atoms with Gasteiger partial charge < -0.3 is 5.11 Å². The van der Waals surface area contributed by atoms with Crippen molar-refractivity contribution in [3.63, 3.8) is 0 Å². The molecule has 0 radical (unpaired) electrons. The molecule has 0 spiro atoms. The summed E-state index contributed by atoms with van der Waals surface area (Å²) in [5.41, 5.74) is 0.624. The van der Waals surface area contributed by atoms with Crippen molar-refractivity contribution >= 4 is 17.6 Å². The zero-order valence-corrected chi connectivity index (χ0v) is 12.8. The monoisotopic (exact) mass is 310 g/mol. The van der Waals surface area contributed by atoms with Crippen LogP contribution >= 0.6 is 11.6 Å². The summed E-state index contributed by atoms with van der Waals surface area (Å²) in [6.07, 6.45) is 0. The van der Waals surface area contributed by atoms with Crippen LogP contribution in [0.25, 0.3) is 0 Å². The van der Waals surface area contributed by atoms with Crippen molar-refractivity contribution in [2.45, 2.75) is 32.7 Å². The maximum Gasteiger partial charge on any atom is 0.340 e. The Morgan fingerprint density at radius 3 is 2.57 bits per heavy atom. The van der Waals surface area contributed by atoms with E-state index >= 15 is 0 Å². The molecule has 0 fully saturated rings. The Hall–Kier alpha value is -1.88. The van der Waals surface area contributed by atoms with E-state index in [0.29, 0.717) is 11.3 Å². The minimum Gasteiger partial charge on any atom is -0.478 e. The molecule has 112 valence electrons. The highest BCUT2D eigenvalue weighted by Crippen LogP contribution is 2.30. The van der Waals surface area contributed by atoms with E-state index in [1.807, 2.05) is 20.8 Å². The van der Waals surface area contributed by atoms with Crippen molar-refractivity contribution in [3.8, 4) is 0 Å². The van der Waals surface area contributed by atoms with Crippen molar-refractivity contribution in [1.29, 1.82) is 0 Å². The topological polar surface area (TPSA) is 55.1 Å². The Morgan fingerprint density at radius 1 is 1.43 bits per heavy atom. The fraction of sp³-hybridized carbons (Fsp3) is 0.333. The summed E-state index contributed by atoms with van der Waals surface area (Å²) in [7, 11) is 0. The molecule has 0 saturated heterocycles. The Kier molecular flexibility index (Phi) is 4.05. The summed E-state index contributed by atoms with van der Waals surface area (Å²) in [5, 5.41) is 13.7. The summed E-state index contributed by atoms with van der Waals surface area (Å²) in [6.45, 7) is 5.81. The van der Waals surface area contributed by atoms with Gasteiger partial charge in [0.2, 0.25) is 0 Å². The second kappa shape index (κ2) is 5.48. The smallest absolute Gasteiger partial charge is 0.340 e. The Labute approximate surface area is 127 Å². The van der Waals surface area contributed by atoms with Crippen molar-refractivity contribution in [1.82, 2.24) is 9.78 Å². The third-order valence-electron chi connectivity index (χ3n) is 3.04. The largest absolute Gasteiger partial charge is 0.478 e. The zero-order valence-electron chi connectivity index (χ0n) is 12.0. The molecule has 6 heteroatoms. The number of aromatic carboxylic acids is 1. The third-order valence-corrected chi connectivity index (χ3v) is 3.42. The number of nitrogens with zero attached hydrogens (tertiary/aromatic N) is 2. The summed E-state index contributed by atoms with van der Waals surface area (Å²) >= 11 is 6.15. The molecule has 1 heterocycles. The molecule has 0 atom stereocenters. The minimum absolute atomic E-state index is 0.000528. The van der Waals surface area contributed by atoms with E-state index in [4.69, 9.17) is 11.6 Å². The van der Waals surface area contributed by atoms with Crippen LogP contribution in [0.4, 0.5) is 4.39 Å². The molecule has 0 aliphatic heterocycles. The predicted octanol–water partition coefficient (Wildman–Crippen LogP) is 3.72. The summed E-state index contributed by atoms with van der Waals surface area (Å²) in [5.74, 6) is -1.47. The fourth-order valence-corrected chi connectivity index (χ4v) is 2.34. The van der Waals surface area contributed by atoms with Crippen LogP contribution in [0.5, 0.6) is 0 Å². The van der Waals surface area contributed by atoms with Gasteiger partial charge in [-0.15, -0.1) is 0 Å². The number of halogens is 2. The van der Waals surface area contributed by atoms with Gasteiger partial charge in [0.05, 0.1) is 12.2 Å². The first-order valence-corrected chi connectivity index (χ1v) is 6.82. The number of hydrogen-bond acceptors (Lipinski definition) is 2. The quantitative estimate of drug-likeness (QED) is 0.940. The van der Waals surface area contributed by atoms with Gasteiger partial charge in [0, 0.05) is 5.41 Å². The Bertz CT molecular complexity index is 689. The predicted molar refractivity (Wildman–Crippen MR) is 78.4 cm³/mol. The van der Waals surface area contributed by atoms with Gasteiger partial charge in [0.25, 0.3) is 0 Å². The van der Waals surface area contributed by atoms with Crippen molar-refractivity contribution in [3.05, 3.63) is 52.1 Å². The van der Waals surface area contributed by atoms with Crippen molar-refractivity contribution in [2.75, 3.05) is 0 Å². The van der Waals surface area contributed by atoms with Crippen molar-refractivity contribution < 1.29 is 14.3 Å². The van der Waals surface area contributed by atoms with Crippen LogP contribution in [0.2, 0.25) is 5.15 Å². The maximum absolute atomic E-state index is 13.2. The van der Waals surface area contributed by atoms with Gasteiger partial charge in [-0.2, -0.15) is 5.10 Å². The molecule has 4 nitrogen and oxygen atoms in total. The SMILES string of the molecule is CC(C)(C)c1nn(Cc2cccc(F)c2)c(Cl)c1C(=O)O. The highest BCUT2D eigenvalue weighted by molar-refractivity contribution is 6.32. The molecule has 0 bridgehead atoms. The summed E-state index contributed by atoms with van der Waals surface area (Å²) in [4.78, 5) is 11.4. The molecule has 0 aliphatic rings. The average molecular weight is 311 g/mol. The lowest BCUT2D eigenvalue weighted by atomic mass is 9.89. The molecule has 2 aromatic rings. The molecule has 1 aromatic carbocycles. The van der Waals surface area contributed by atoms with E-state index < -0.39 is 11.4 Å². The van der Waals surface area contributed by atoms with Crippen molar-refractivity contribution in [2.24, 2.45) is 0 Å². The van der Waals surface area contributed by atoms with E-state index in [-0.39, 0.29) is 23.1 Å². The fourth-order valence-electron chi connectivity index (χ4n) is 2.07. The van der Waals surface area contributed by atoms with E-state index in [0.717, 1.165) is 0 Å². The first-order valence-electron chi connectivity index (χ1n) is 6.44. The molecule has 1 N–H and O–H groups in total. The lowest BCUT2D eigenvalue weighted by molar-refractivity contribution is 0.0694. The van der Waals surface area contributed by atoms with E-state index in [1.54, 1.807) is 12.1 Å². The normalized spacial score (nSPS) is 11.7. The highest BCUT2D eigenvalue weighted by Gasteiger charge is 2.30. The Balaban J connectivity index is 2.48. The van der Waals surface area contributed by atoms with Gasteiger partial charge in [-0.05, 0) is 17.7 Å². The number of rotatable bonds is 3. The number of benzene rings is 1. The second-order valence-corrected chi connectivity index (χ2v) is 6.22. The van der Waals surface area contributed by atoms with Gasteiger partial charge in [0.1, 0.15) is 16.5 Å². The summed E-state index contributed by atoms with van der Waals surface area (Å²) < 4.78 is 14.6. The molecular formula is C15H16ClFN2O2. The van der Waals surface area contributed by atoms with Crippen LogP contribution in [0.15, 0.2) is 24.3 Å². The van der Waals surface area contributed by atoms with Gasteiger partial charge in [0.15, 0.2) is 0 Å². The van der Waals surface area contributed by atoms with Crippen LogP contribution < -0.4 is 0 Å². The number of carboxylic acids is 1. The molecule has 0 amide bonds. The standard InChI is InChI=1S/C15H16ClFN2O2/c1-15(2,3)12-11(14(20)21)13(16)19(18-12)8-9-5-4-6-10(17)7-9/h4-7H,8H2,1-3H3,(H,20,21). The second-order valence-electron chi connectivity index (χ2n) is 5.86. The Morgan fingerprint density at radius 2 is 2.10 bits per heavy atom. The number of carbonyl (C=O) groups is 1. The molecule has 1 aromatic heterocycles. The first-order chi connectivity index (χ1) is 9.70. The molecular weight excluding hydrogens is 295 g/mol. The molecule has 2 rings (SSSR count). The molecule has 0 unspecified atom stereocenters. The van der Waals surface area contributed by atoms with E-state index in [2.05, 4.69) is 5.10 Å². The highest BCUT2D eigenvalue weighted by atomic mass is 35.5. The van der Waals surface area contributed by atoms with Gasteiger partial charge in [-0.25, -0.2) is 13.9 Å². The van der Waals surface area contributed by atoms with Gasteiger partial charge >= 0.3 is 5.97 Å². The van der Waals surface area contributed by atoms with Crippen LogP contribution in [0.1, 0.15) is 42.4 Å². The minimum atomic E-state index is -1.12. The van der Waals surface area contributed by atoms with Crippen LogP contribution in [0, 0.1) is 5.82 Å². The number of hydrogen-bond donors (Lipinski definition) is 1. The lowest BCUT2D eigenvalue weighted by Crippen LogP contribution is -2.17. The molecule has 21 heavy (non-hydrogen) atoms. The third kappa shape index (κ3) is 3.24. The molecule has 0 aliphatic carbocycles. The number of carboxylic acid groups (broad SMARTS) is 1.